The zero-order chi connectivity index (χ0) is 23.6. The molecule has 0 N–H and O–H groups in total. The number of rotatable bonds is 7. The highest BCUT2D eigenvalue weighted by atomic mass is 32.1. The zero-order valence-corrected chi connectivity index (χ0v) is 19.6. The molecular formula is C24H26N2O5S. The SMILES string of the molecule is COc1ccc(N2C(=O)C(C(C)(C)CC(C)=O)C(=O)N(c3ccc(OC)cc3)C2=S)cc1. The molecule has 0 radical (unpaired) electrons. The Hall–Kier alpha value is -3.26. The first-order valence-corrected chi connectivity index (χ1v) is 10.5. The smallest absolute Gasteiger partial charge is 0.246 e. The van der Waals surface area contributed by atoms with E-state index in [0.717, 1.165) is 0 Å². The summed E-state index contributed by atoms with van der Waals surface area (Å²) in [6.07, 6.45) is 0.0782. The number of ketones is 1. The van der Waals surface area contributed by atoms with Gasteiger partial charge in [-0.3, -0.25) is 19.4 Å². The molecular weight excluding hydrogens is 428 g/mol. The molecule has 8 heteroatoms. The molecule has 1 saturated heterocycles. The lowest BCUT2D eigenvalue weighted by Crippen LogP contribution is -2.63. The minimum atomic E-state index is -1.10. The van der Waals surface area contributed by atoms with Crippen molar-refractivity contribution in [3.8, 4) is 11.5 Å². The summed E-state index contributed by atoms with van der Waals surface area (Å²) in [5.41, 5.74) is 0.108. The molecule has 2 aromatic carbocycles. The normalized spacial score (nSPS) is 15.2. The third-order valence-electron chi connectivity index (χ3n) is 5.46. The Balaban J connectivity index is 2.13. The van der Waals surface area contributed by atoms with Crippen LogP contribution >= 0.6 is 12.2 Å². The number of nitrogens with zero attached hydrogens (tertiary/aromatic N) is 2. The van der Waals surface area contributed by atoms with E-state index in [4.69, 9.17) is 21.7 Å². The lowest BCUT2D eigenvalue weighted by Gasteiger charge is -2.44. The van der Waals surface area contributed by atoms with E-state index in [9.17, 15) is 14.4 Å². The van der Waals surface area contributed by atoms with Crippen LogP contribution in [-0.2, 0) is 14.4 Å². The third-order valence-corrected chi connectivity index (χ3v) is 5.83. The standard InChI is InChI=1S/C24H26N2O5S/c1-15(27)14-24(2,3)20-21(28)25(16-6-10-18(30-4)11-7-16)23(32)26(22(20)29)17-8-12-19(31-5)13-9-17/h6-13,20H,14H2,1-5H3. The number of methoxy groups -OCH3 is 2. The Morgan fingerprint density at radius 3 is 1.56 bits per heavy atom. The van der Waals surface area contributed by atoms with Gasteiger partial charge >= 0.3 is 0 Å². The van der Waals surface area contributed by atoms with Crippen molar-refractivity contribution in [1.29, 1.82) is 0 Å². The number of hydrogen-bond donors (Lipinski definition) is 0. The van der Waals surface area contributed by atoms with Crippen LogP contribution in [0.25, 0.3) is 0 Å². The summed E-state index contributed by atoms with van der Waals surface area (Å²) in [5, 5.41) is 0.0465. The maximum atomic E-state index is 13.6. The fraction of sp³-hybridized carbons (Fsp3) is 0.333. The van der Waals surface area contributed by atoms with Crippen LogP contribution in [0.3, 0.4) is 0 Å². The van der Waals surface area contributed by atoms with Crippen molar-refractivity contribution < 1.29 is 23.9 Å². The monoisotopic (exact) mass is 454 g/mol. The minimum absolute atomic E-state index is 0.0465. The van der Waals surface area contributed by atoms with Crippen molar-refractivity contribution in [2.75, 3.05) is 24.0 Å². The van der Waals surface area contributed by atoms with E-state index in [-0.39, 0.29) is 17.3 Å². The second-order valence-corrected chi connectivity index (χ2v) is 8.69. The van der Waals surface area contributed by atoms with Gasteiger partial charge in [0.1, 0.15) is 23.2 Å². The molecule has 1 aliphatic heterocycles. The summed E-state index contributed by atoms with van der Waals surface area (Å²) in [5.74, 6) is -0.859. The van der Waals surface area contributed by atoms with Crippen molar-refractivity contribution >= 4 is 46.3 Å². The molecule has 7 nitrogen and oxygen atoms in total. The number of carbonyl (C=O) groups excluding carboxylic acids is 3. The molecule has 2 aromatic rings. The molecule has 2 amide bonds. The molecule has 1 aliphatic rings. The van der Waals surface area contributed by atoms with Crippen molar-refractivity contribution in [3.05, 3.63) is 48.5 Å². The molecule has 0 saturated carbocycles. The average molecular weight is 455 g/mol. The first-order chi connectivity index (χ1) is 15.1. The second kappa shape index (κ2) is 9.08. The number of Topliss-reactive ketones (excluding diaryl/α,β-unsaturated/α-hetero) is 1. The van der Waals surface area contributed by atoms with E-state index in [1.165, 1.54) is 16.7 Å². The Kier molecular flexibility index (Phi) is 6.64. The van der Waals surface area contributed by atoms with Crippen molar-refractivity contribution in [2.45, 2.75) is 27.2 Å². The summed E-state index contributed by atoms with van der Waals surface area (Å²) in [4.78, 5) is 41.9. The number of hydrogen-bond acceptors (Lipinski definition) is 6. The van der Waals surface area contributed by atoms with Gasteiger partial charge in [0.25, 0.3) is 0 Å². The topological polar surface area (TPSA) is 76.2 Å². The molecule has 168 valence electrons. The van der Waals surface area contributed by atoms with Crippen LogP contribution in [0.1, 0.15) is 27.2 Å². The fourth-order valence-electron chi connectivity index (χ4n) is 4.00. The molecule has 0 aliphatic carbocycles. The Morgan fingerprint density at radius 2 is 1.25 bits per heavy atom. The maximum Gasteiger partial charge on any atom is 0.246 e. The predicted molar refractivity (Wildman–Crippen MR) is 126 cm³/mol. The molecule has 32 heavy (non-hydrogen) atoms. The largest absolute Gasteiger partial charge is 0.497 e. The van der Waals surface area contributed by atoms with E-state index >= 15 is 0 Å². The molecule has 0 atom stereocenters. The highest BCUT2D eigenvalue weighted by Gasteiger charge is 2.52. The molecule has 1 heterocycles. The van der Waals surface area contributed by atoms with Crippen LogP contribution in [0.4, 0.5) is 11.4 Å². The lowest BCUT2D eigenvalue weighted by atomic mass is 9.73. The van der Waals surface area contributed by atoms with Gasteiger partial charge in [-0.05, 0) is 73.1 Å². The van der Waals surface area contributed by atoms with E-state index in [1.807, 2.05) is 0 Å². The highest BCUT2D eigenvalue weighted by Crippen LogP contribution is 2.40. The number of ether oxygens (including phenoxy) is 2. The first kappa shape index (κ1) is 23.4. The maximum absolute atomic E-state index is 13.6. The Labute approximate surface area is 192 Å². The number of anilines is 2. The van der Waals surface area contributed by atoms with Gasteiger partial charge in [0.2, 0.25) is 11.8 Å². The van der Waals surface area contributed by atoms with Crippen LogP contribution in [0.2, 0.25) is 0 Å². The van der Waals surface area contributed by atoms with Crippen molar-refractivity contribution in [3.63, 3.8) is 0 Å². The van der Waals surface area contributed by atoms with Gasteiger partial charge in [-0.25, -0.2) is 0 Å². The van der Waals surface area contributed by atoms with Gasteiger partial charge in [0.15, 0.2) is 5.11 Å². The summed E-state index contributed by atoms with van der Waals surface area (Å²) >= 11 is 5.63. The molecule has 0 aromatic heterocycles. The van der Waals surface area contributed by atoms with Gasteiger partial charge in [0, 0.05) is 6.42 Å². The summed E-state index contributed by atoms with van der Waals surface area (Å²) in [6.45, 7) is 4.95. The first-order valence-electron chi connectivity index (χ1n) is 10.1. The zero-order valence-electron chi connectivity index (χ0n) is 18.7. The number of carbonyl (C=O) groups is 3. The van der Waals surface area contributed by atoms with Crippen LogP contribution in [0.5, 0.6) is 11.5 Å². The fourth-order valence-corrected chi connectivity index (χ4v) is 4.39. The van der Waals surface area contributed by atoms with Crippen LogP contribution < -0.4 is 19.3 Å². The highest BCUT2D eigenvalue weighted by molar-refractivity contribution is 7.81. The van der Waals surface area contributed by atoms with Gasteiger partial charge in [0.05, 0.1) is 25.6 Å². The van der Waals surface area contributed by atoms with Gasteiger partial charge in [-0.1, -0.05) is 13.8 Å². The Bertz CT molecular complexity index is 978. The molecule has 0 spiro atoms. The average Bonchev–Trinajstić information content (AvgIpc) is 2.73. The predicted octanol–water partition coefficient (Wildman–Crippen LogP) is 3.99. The quantitative estimate of drug-likeness (QED) is 0.465. The number of benzene rings is 2. The summed E-state index contributed by atoms with van der Waals surface area (Å²) in [6, 6.07) is 13.7. The van der Waals surface area contributed by atoms with E-state index in [0.29, 0.717) is 22.9 Å². The Morgan fingerprint density at radius 1 is 0.875 bits per heavy atom. The minimum Gasteiger partial charge on any atom is -0.497 e. The van der Waals surface area contributed by atoms with Crippen LogP contribution in [0.15, 0.2) is 48.5 Å². The van der Waals surface area contributed by atoms with Crippen molar-refractivity contribution in [1.82, 2.24) is 0 Å². The van der Waals surface area contributed by atoms with Crippen LogP contribution in [-0.4, -0.2) is 36.9 Å². The van der Waals surface area contributed by atoms with Gasteiger partial charge in [-0.2, -0.15) is 0 Å². The van der Waals surface area contributed by atoms with E-state index in [2.05, 4.69) is 0 Å². The molecule has 1 fully saturated rings. The summed E-state index contributed by atoms with van der Waals surface area (Å²) in [7, 11) is 3.10. The van der Waals surface area contributed by atoms with Gasteiger partial charge < -0.3 is 14.3 Å². The lowest BCUT2D eigenvalue weighted by molar-refractivity contribution is -0.138. The van der Waals surface area contributed by atoms with E-state index < -0.39 is 23.1 Å². The molecule has 0 bridgehead atoms. The number of amides is 2. The molecule has 0 unspecified atom stereocenters. The summed E-state index contributed by atoms with van der Waals surface area (Å²) < 4.78 is 10.4. The van der Waals surface area contributed by atoms with Gasteiger partial charge in [-0.15, -0.1) is 0 Å². The van der Waals surface area contributed by atoms with E-state index in [1.54, 1.807) is 76.6 Å². The second-order valence-electron chi connectivity index (χ2n) is 8.33. The van der Waals surface area contributed by atoms with Crippen LogP contribution in [0, 0.1) is 11.3 Å². The third kappa shape index (κ3) is 4.36. The van der Waals surface area contributed by atoms with Crippen molar-refractivity contribution in [2.24, 2.45) is 11.3 Å². The number of thiocarbonyl (C=S) groups is 1. The molecule has 3 rings (SSSR count).